The van der Waals surface area contributed by atoms with E-state index in [2.05, 4.69) is 10.0 Å². The highest BCUT2D eigenvalue weighted by molar-refractivity contribution is 7.89. The maximum absolute atomic E-state index is 12.4. The molecule has 1 atom stereocenters. The third kappa shape index (κ3) is 6.35. The van der Waals surface area contributed by atoms with E-state index in [1.165, 1.54) is 12.1 Å². The first-order valence-electron chi connectivity index (χ1n) is 9.22. The van der Waals surface area contributed by atoms with E-state index in [0.29, 0.717) is 17.0 Å². The van der Waals surface area contributed by atoms with Gasteiger partial charge in [-0.2, -0.15) is 0 Å². The van der Waals surface area contributed by atoms with Crippen molar-refractivity contribution in [1.82, 2.24) is 4.72 Å². The van der Waals surface area contributed by atoms with Crippen LogP contribution >= 0.6 is 0 Å². The number of ether oxygens (including phenoxy) is 1. The third-order valence-corrected chi connectivity index (χ3v) is 5.67. The van der Waals surface area contributed by atoms with E-state index in [0.717, 1.165) is 6.42 Å². The Balaban J connectivity index is 2.05. The molecule has 28 heavy (non-hydrogen) atoms. The smallest absolute Gasteiger partial charge is 0.255 e. The molecule has 6 nitrogen and oxygen atoms in total. The monoisotopic (exact) mass is 404 g/mol. The van der Waals surface area contributed by atoms with E-state index in [9.17, 15) is 13.2 Å². The van der Waals surface area contributed by atoms with Gasteiger partial charge in [-0.25, -0.2) is 13.1 Å². The van der Waals surface area contributed by atoms with Gasteiger partial charge in [0.05, 0.1) is 11.0 Å². The number of rotatable bonds is 7. The Kier molecular flexibility index (Phi) is 6.85. The highest BCUT2D eigenvalue weighted by Gasteiger charge is 2.21. The molecule has 1 amide bonds. The van der Waals surface area contributed by atoms with Crippen LogP contribution in [0.1, 0.15) is 51.4 Å². The molecule has 2 rings (SSSR count). The Hall–Kier alpha value is -2.38. The van der Waals surface area contributed by atoms with Gasteiger partial charge in [0.2, 0.25) is 10.0 Å². The number of sulfonamides is 1. The molecule has 0 saturated heterocycles. The summed E-state index contributed by atoms with van der Waals surface area (Å²) in [6.45, 7) is 9.36. The first-order valence-corrected chi connectivity index (χ1v) is 10.7. The van der Waals surface area contributed by atoms with Crippen LogP contribution in [0.4, 0.5) is 5.69 Å². The van der Waals surface area contributed by atoms with Crippen LogP contribution in [-0.4, -0.2) is 26.0 Å². The maximum atomic E-state index is 12.4. The van der Waals surface area contributed by atoms with Crippen molar-refractivity contribution in [2.24, 2.45) is 0 Å². The minimum absolute atomic E-state index is 0.113. The average molecular weight is 405 g/mol. The summed E-state index contributed by atoms with van der Waals surface area (Å²) in [5.74, 6) is 0.435. The van der Waals surface area contributed by atoms with Crippen molar-refractivity contribution in [3.63, 3.8) is 0 Å². The fourth-order valence-electron chi connectivity index (χ4n) is 2.38. The van der Waals surface area contributed by atoms with Crippen molar-refractivity contribution in [3.8, 4) is 5.75 Å². The molecule has 7 heteroatoms. The summed E-state index contributed by atoms with van der Waals surface area (Å²) in [4.78, 5) is 12.5. The van der Waals surface area contributed by atoms with Gasteiger partial charge in [-0.3, -0.25) is 4.79 Å². The van der Waals surface area contributed by atoms with Crippen LogP contribution in [0.3, 0.4) is 0 Å². The van der Waals surface area contributed by atoms with Crippen LogP contribution < -0.4 is 14.8 Å². The Bertz CT molecular complexity index is 899. The molecule has 0 aliphatic heterocycles. The molecule has 0 fully saturated rings. The number of benzene rings is 2. The SMILES string of the molecule is CCC(C)Oc1ccc(C(=O)Nc2ccc(S(=O)(=O)NC(C)(C)C)cc2)cc1. The standard InChI is InChI=1S/C21H28N2O4S/c1-6-15(2)27-18-11-7-16(8-12-18)20(24)22-17-9-13-19(14-10-17)28(25,26)23-21(3,4)5/h7-15,23H,6H2,1-5H3,(H,22,24). The molecule has 0 bridgehead atoms. The summed E-state index contributed by atoms with van der Waals surface area (Å²) in [5.41, 5.74) is 0.429. The number of carbonyl (C=O) groups is 1. The number of hydrogen-bond acceptors (Lipinski definition) is 4. The van der Waals surface area contributed by atoms with Gasteiger partial charge in [0.25, 0.3) is 5.91 Å². The Morgan fingerprint density at radius 3 is 2.11 bits per heavy atom. The topological polar surface area (TPSA) is 84.5 Å². The van der Waals surface area contributed by atoms with Crippen LogP contribution in [0.5, 0.6) is 5.75 Å². The fourth-order valence-corrected chi connectivity index (χ4v) is 3.80. The van der Waals surface area contributed by atoms with Gasteiger partial charge in [-0.15, -0.1) is 0 Å². The number of hydrogen-bond donors (Lipinski definition) is 2. The molecule has 0 aliphatic carbocycles. The normalized spacial score (nSPS) is 13.0. The Labute approximate surface area is 167 Å². The highest BCUT2D eigenvalue weighted by Crippen LogP contribution is 2.18. The van der Waals surface area contributed by atoms with Crippen molar-refractivity contribution < 1.29 is 17.9 Å². The van der Waals surface area contributed by atoms with Gasteiger partial charge in [0.15, 0.2) is 0 Å². The molecule has 0 saturated carbocycles. The second-order valence-electron chi connectivity index (χ2n) is 7.70. The van der Waals surface area contributed by atoms with E-state index < -0.39 is 15.6 Å². The van der Waals surface area contributed by atoms with E-state index in [4.69, 9.17) is 4.74 Å². The van der Waals surface area contributed by atoms with E-state index in [1.54, 1.807) is 57.2 Å². The van der Waals surface area contributed by atoms with Gasteiger partial charge in [-0.05, 0) is 82.6 Å². The lowest BCUT2D eigenvalue weighted by Gasteiger charge is -2.20. The average Bonchev–Trinajstić information content (AvgIpc) is 2.60. The number of amides is 1. The molecule has 0 heterocycles. The van der Waals surface area contributed by atoms with Crippen molar-refractivity contribution in [3.05, 3.63) is 54.1 Å². The lowest BCUT2D eigenvalue weighted by Crippen LogP contribution is -2.40. The predicted octanol–water partition coefficient (Wildman–Crippen LogP) is 4.19. The van der Waals surface area contributed by atoms with Crippen LogP contribution in [0.2, 0.25) is 0 Å². The van der Waals surface area contributed by atoms with Gasteiger partial charge in [-0.1, -0.05) is 6.92 Å². The van der Waals surface area contributed by atoms with Gasteiger partial charge in [0, 0.05) is 16.8 Å². The summed E-state index contributed by atoms with van der Waals surface area (Å²) in [7, 11) is -3.61. The summed E-state index contributed by atoms with van der Waals surface area (Å²) in [6.07, 6.45) is 1.02. The number of nitrogens with one attached hydrogen (secondary N) is 2. The number of anilines is 1. The second kappa shape index (κ2) is 8.75. The van der Waals surface area contributed by atoms with Crippen LogP contribution in [0, 0.1) is 0 Å². The Morgan fingerprint density at radius 1 is 1.04 bits per heavy atom. The van der Waals surface area contributed by atoms with Gasteiger partial charge >= 0.3 is 0 Å². The van der Waals surface area contributed by atoms with Crippen molar-refractivity contribution in [2.75, 3.05) is 5.32 Å². The highest BCUT2D eigenvalue weighted by atomic mass is 32.2. The second-order valence-corrected chi connectivity index (χ2v) is 9.38. The fraction of sp³-hybridized carbons (Fsp3) is 0.381. The third-order valence-electron chi connectivity index (χ3n) is 3.89. The first kappa shape index (κ1) is 21.9. The Morgan fingerprint density at radius 2 is 1.61 bits per heavy atom. The van der Waals surface area contributed by atoms with E-state index >= 15 is 0 Å². The molecular formula is C21H28N2O4S. The molecule has 0 radical (unpaired) electrons. The first-order chi connectivity index (χ1) is 13.0. The summed E-state index contributed by atoms with van der Waals surface area (Å²) >= 11 is 0. The van der Waals surface area contributed by atoms with Crippen LogP contribution in [0.15, 0.2) is 53.4 Å². The zero-order valence-corrected chi connectivity index (χ0v) is 17.8. The largest absolute Gasteiger partial charge is 0.491 e. The predicted molar refractivity (Wildman–Crippen MR) is 111 cm³/mol. The molecule has 1 unspecified atom stereocenters. The summed E-state index contributed by atoms with van der Waals surface area (Å²) in [6, 6.07) is 13.0. The summed E-state index contributed by atoms with van der Waals surface area (Å²) < 4.78 is 32.9. The minimum atomic E-state index is -3.61. The lowest BCUT2D eigenvalue weighted by atomic mass is 10.1. The van der Waals surface area contributed by atoms with Crippen LogP contribution in [0.25, 0.3) is 0 Å². The van der Waals surface area contributed by atoms with Crippen molar-refractivity contribution >= 4 is 21.6 Å². The van der Waals surface area contributed by atoms with Gasteiger partial charge < -0.3 is 10.1 Å². The lowest BCUT2D eigenvalue weighted by molar-refractivity contribution is 0.102. The molecule has 0 spiro atoms. The maximum Gasteiger partial charge on any atom is 0.255 e. The molecule has 2 N–H and O–H groups in total. The molecule has 2 aromatic rings. The minimum Gasteiger partial charge on any atom is -0.491 e. The molecule has 0 aromatic heterocycles. The zero-order valence-electron chi connectivity index (χ0n) is 16.9. The van der Waals surface area contributed by atoms with Crippen LogP contribution in [-0.2, 0) is 10.0 Å². The molecule has 152 valence electrons. The van der Waals surface area contributed by atoms with Crippen molar-refractivity contribution in [1.29, 1.82) is 0 Å². The number of carbonyl (C=O) groups excluding carboxylic acids is 1. The zero-order chi connectivity index (χ0) is 20.9. The molecule has 2 aromatic carbocycles. The van der Waals surface area contributed by atoms with Gasteiger partial charge in [0.1, 0.15) is 5.75 Å². The van der Waals surface area contributed by atoms with Crippen molar-refractivity contribution in [2.45, 2.75) is 57.6 Å². The molecule has 0 aliphatic rings. The summed E-state index contributed by atoms with van der Waals surface area (Å²) in [5, 5.41) is 2.76. The van der Waals surface area contributed by atoms with E-state index in [-0.39, 0.29) is 16.9 Å². The molecular weight excluding hydrogens is 376 g/mol. The van der Waals surface area contributed by atoms with E-state index in [1.807, 2.05) is 13.8 Å². The quantitative estimate of drug-likeness (QED) is 0.725.